The van der Waals surface area contributed by atoms with E-state index in [0.717, 1.165) is 19.6 Å². The molecule has 0 aromatic carbocycles. The monoisotopic (exact) mass is 202 g/mol. The maximum absolute atomic E-state index is 9.68. The summed E-state index contributed by atoms with van der Waals surface area (Å²) in [4.78, 5) is 4.38. The predicted octanol–water partition coefficient (Wildman–Crippen LogP) is -0.634. The summed E-state index contributed by atoms with van der Waals surface area (Å²) in [7, 11) is 2.03. The minimum Gasteiger partial charge on any atom is -0.395 e. The van der Waals surface area contributed by atoms with Crippen LogP contribution in [0.4, 0.5) is 0 Å². The molecule has 4 nitrogen and oxygen atoms in total. The van der Waals surface area contributed by atoms with Crippen molar-refractivity contribution in [2.45, 2.75) is 25.5 Å². The van der Waals surface area contributed by atoms with Crippen LogP contribution in [0.3, 0.4) is 0 Å². The molecule has 4 heteroatoms. The van der Waals surface area contributed by atoms with Crippen LogP contribution >= 0.6 is 0 Å². The summed E-state index contributed by atoms with van der Waals surface area (Å²) >= 11 is 0. The normalized spacial score (nSPS) is 26.8. The zero-order valence-electron chi connectivity index (χ0n) is 9.40. The second-order valence-corrected chi connectivity index (χ2v) is 4.86. The Morgan fingerprint density at radius 3 is 2.50 bits per heavy atom. The molecule has 1 aliphatic heterocycles. The van der Waals surface area contributed by atoms with Gasteiger partial charge in [0.25, 0.3) is 0 Å². The topological polar surface area (TPSA) is 46.9 Å². The summed E-state index contributed by atoms with van der Waals surface area (Å²) in [5.74, 6) is 0. The summed E-state index contributed by atoms with van der Waals surface area (Å²) in [5, 5.41) is 18.8. The molecule has 0 aliphatic carbocycles. The average molecular weight is 202 g/mol. The molecule has 1 aliphatic rings. The molecule has 0 saturated carbocycles. The molecule has 1 saturated heterocycles. The van der Waals surface area contributed by atoms with E-state index in [4.69, 9.17) is 5.11 Å². The van der Waals surface area contributed by atoms with E-state index in [2.05, 4.69) is 9.80 Å². The van der Waals surface area contributed by atoms with Crippen molar-refractivity contribution in [1.82, 2.24) is 9.80 Å². The van der Waals surface area contributed by atoms with Crippen LogP contribution in [-0.2, 0) is 0 Å². The van der Waals surface area contributed by atoms with Gasteiger partial charge < -0.3 is 10.2 Å². The number of nitrogens with zero attached hydrogens (tertiary/aromatic N) is 2. The highest BCUT2D eigenvalue weighted by Gasteiger charge is 2.26. The lowest BCUT2D eigenvalue weighted by Crippen LogP contribution is -2.55. The van der Waals surface area contributed by atoms with Crippen molar-refractivity contribution < 1.29 is 10.2 Å². The van der Waals surface area contributed by atoms with Gasteiger partial charge in [-0.15, -0.1) is 0 Å². The van der Waals surface area contributed by atoms with Gasteiger partial charge in [0.15, 0.2) is 0 Å². The Bertz CT molecular complexity index is 179. The van der Waals surface area contributed by atoms with E-state index in [1.165, 1.54) is 0 Å². The third kappa shape index (κ3) is 3.53. The van der Waals surface area contributed by atoms with Crippen molar-refractivity contribution in [1.29, 1.82) is 0 Å². The summed E-state index contributed by atoms with van der Waals surface area (Å²) < 4.78 is 0. The van der Waals surface area contributed by atoms with Gasteiger partial charge in [-0.25, -0.2) is 0 Å². The number of rotatable bonds is 3. The summed E-state index contributed by atoms with van der Waals surface area (Å²) in [6, 6.07) is 0.214. The molecule has 0 aromatic rings. The zero-order chi connectivity index (χ0) is 10.8. The molecule has 0 bridgehead atoms. The van der Waals surface area contributed by atoms with E-state index < -0.39 is 5.60 Å². The molecule has 1 unspecified atom stereocenters. The Balaban J connectivity index is 2.43. The molecule has 1 fully saturated rings. The number of hydrogen-bond donors (Lipinski definition) is 2. The zero-order valence-corrected chi connectivity index (χ0v) is 9.40. The fourth-order valence-corrected chi connectivity index (χ4v) is 1.90. The third-order valence-electron chi connectivity index (χ3n) is 2.68. The van der Waals surface area contributed by atoms with Crippen molar-refractivity contribution in [2.24, 2.45) is 0 Å². The highest BCUT2D eigenvalue weighted by atomic mass is 16.3. The standard InChI is InChI=1S/C10H22N2O2/c1-10(2,14)8-12-5-4-11(3)9(6-12)7-13/h9,13-14H,4-8H2,1-3H3. The minimum atomic E-state index is -0.643. The quantitative estimate of drug-likeness (QED) is 0.639. The van der Waals surface area contributed by atoms with Crippen LogP contribution in [-0.4, -0.2) is 71.5 Å². The number of β-amino-alcohol motifs (C(OH)–C–C–N with tert-alkyl or cyclic N) is 1. The van der Waals surface area contributed by atoms with Gasteiger partial charge in [0.1, 0.15) is 0 Å². The average Bonchev–Trinajstić information content (AvgIpc) is 2.06. The first-order chi connectivity index (χ1) is 6.42. The summed E-state index contributed by atoms with van der Waals surface area (Å²) in [5.41, 5.74) is -0.643. The Morgan fingerprint density at radius 1 is 1.36 bits per heavy atom. The van der Waals surface area contributed by atoms with E-state index in [9.17, 15) is 5.11 Å². The van der Waals surface area contributed by atoms with Crippen molar-refractivity contribution in [3.63, 3.8) is 0 Å². The maximum atomic E-state index is 9.68. The summed E-state index contributed by atoms with van der Waals surface area (Å²) in [6.45, 7) is 7.28. The van der Waals surface area contributed by atoms with Gasteiger partial charge in [0.2, 0.25) is 0 Å². The van der Waals surface area contributed by atoms with E-state index >= 15 is 0 Å². The van der Waals surface area contributed by atoms with Crippen molar-refractivity contribution in [2.75, 3.05) is 39.8 Å². The lowest BCUT2D eigenvalue weighted by atomic mass is 10.1. The van der Waals surface area contributed by atoms with Crippen LogP contribution < -0.4 is 0 Å². The van der Waals surface area contributed by atoms with Crippen molar-refractivity contribution in [3.8, 4) is 0 Å². The number of aliphatic hydroxyl groups is 2. The maximum Gasteiger partial charge on any atom is 0.0718 e. The fraction of sp³-hybridized carbons (Fsp3) is 1.00. The molecule has 0 spiro atoms. The first kappa shape index (κ1) is 11.9. The lowest BCUT2D eigenvalue weighted by Gasteiger charge is -2.40. The molecular weight excluding hydrogens is 180 g/mol. The molecule has 84 valence electrons. The smallest absolute Gasteiger partial charge is 0.0718 e. The number of hydrogen-bond acceptors (Lipinski definition) is 4. The molecular formula is C10H22N2O2. The Labute approximate surface area is 86.1 Å². The van der Waals surface area contributed by atoms with Gasteiger partial charge in [-0.05, 0) is 20.9 Å². The highest BCUT2D eigenvalue weighted by molar-refractivity contribution is 4.82. The second-order valence-electron chi connectivity index (χ2n) is 4.86. The van der Waals surface area contributed by atoms with Gasteiger partial charge in [0.05, 0.1) is 12.2 Å². The molecule has 2 N–H and O–H groups in total. The second kappa shape index (κ2) is 4.57. The van der Waals surface area contributed by atoms with Crippen LogP contribution in [0.1, 0.15) is 13.8 Å². The predicted molar refractivity (Wildman–Crippen MR) is 56.2 cm³/mol. The van der Waals surface area contributed by atoms with Crippen LogP contribution in [0.25, 0.3) is 0 Å². The Hall–Kier alpha value is -0.160. The van der Waals surface area contributed by atoms with Crippen molar-refractivity contribution in [3.05, 3.63) is 0 Å². The van der Waals surface area contributed by atoms with Gasteiger partial charge in [0, 0.05) is 32.2 Å². The van der Waals surface area contributed by atoms with E-state index in [0.29, 0.717) is 6.54 Å². The minimum absolute atomic E-state index is 0.193. The van der Waals surface area contributed by atoms with Crippen LogP contribution in [0.15, 0.2) is 0 Å². The molecule has 0 aromatic heterocycles. The molecule has 14 heavy (non-hydrogen) atoms. The first-order valence-corrected chi connectivity index (χ1v) is 5.18. The van der Waals surface area contributed by atoms with Crippen LogP contribution in [0, 0.1) is 0 Å². The van der Waals surface area contributed by atoms with Gasteiger partial charge in [-0.1, -0.05) is 0 Å². The molecule has 0 amide bonds. The third-order valence-corrected chi connectivity index (χ3v) is 2.68. The lowest BCUT2D eigenvalue weighted by molar-refractivity contribution is -0.00364. The van der Waals surface area contributed by atoms with Gasteiger partial charge in [-0.2, -0.15) is 0 Å². The first-order valence-electron chi connectivity index (χ1n) is 5.18. The molecule has 0 radical (unpaired) electrons. The highest BCUT2D eigenvalue weighted by Crippen LogP contribution is 2.11. The summed E-state index contributed by atoms with van der Waals surface area (Å²) in [6.07, 6.45) is 0. The molecule has 1 heterocycles. The SMILES string of the molecule is CN1CCN(CC(C)(C)O)CC1CO. The number of piperazine rings is 1. The number of aliphatic hydroxyl groups excluding tert-OH is 1. The van der Waals surface area contributed by atoms with E-state index in [1.807, 2.05) is 20.9 Å². The number of likely N-dealkylation sites (N-methyl/N-ethyl adjacent to an activating group) is 1. The van der Waals surface area contributed by atoms with Crippen molar-refractivity contribution >= 4 is 0 Å². The fourth-order valence-electron chi connectivity index (χ4n) is 1.90. The Morgan fingerprint density at radius 2 is 2.00 bits per heavy atom. The van der Waals surface area contributed by atoms with Gasteiger partial charge >= 0.3 is 0 Å². The largest absolute Gasteiger partial charge is 0.395 e. The van der Waals surface area contributed by atoms with Gasteiger partial charge in [-0.3, -0.25) is 9.80 Å². The van der Waals surface area contributed by atoms with Crippen LogP contribution in [0.5, 0.6) is 0 Å². The Kier molecular flexibility index (Phi) is 3.89. The van der Waals surface area contributed by atoms with Crippen LogP contribution in [0.2, 0.25) is 0 Å². The molecule has 1 rings (SSSR count). The molecule has 1 atom stereocenters. The van der Waals surface area contributed by atoms with E-state index in [1.54, 1.807) is 0 Å². The van der Waals surface area contributed by atoms with E-state index in [-0.39, 0.29) is 12.6 Å².